The van der Waals surface area contributed by atoms with Gasteiger partial charge >= 0.3 is 0 Å². The van der Waals surface area contributed by atoms with E-state index in [1.807, 2.05) is 13.8 Å². The number of hydrogen-bond donors (Lipinski definition) is 1. The number of nitrogens with zero attached hydrogens (tertiary/aromatic N) is 3. The molecule has 11 heteroatoms. The van der Waals surface area contributed by atoms with Gasteiger partial charge in [0.05, 0.1) is 28.3 Å². The van der Waals surface area contributed by atoms with Crippen LogP contribution in [-0.4, -0.2) is 38.6 Å². The summed E-state index contributed by atoms with van der Waals surface area (Å²) < 4.78 is 33.2. The molecule has 3 aromatic rings. The highest BCUT2D eigenvalue weighted by Gasteiger charge is 2.27. The van der Waals surface area contributed by atoms with Crippen LogP contribution in [0.2, 0.25) is 0 Å². The van der Waals surface area contributed by atoms with E-state index in [9.17, 15) is 23.3 Å². The molecule has 0 atom stereocenters. The molecule has 0 radical (unpaired) electrons. The van der Waals surface area contributed by atoms with Crippen LogP contribution in [0.3, 0.4) is 0 Å². The molecule has 0 aliphatic heterocycles. The summed E-state index contributed by atoms with van der Waals surface area (Å²) in [7, 11) is -4.07. The van der Waals surface area contributed by atoms with Crippen LogP contribution in [0.5, 0.6) is 5.75 Å². The fourth-order valence-electron chi connectivity index (χ4n) is 3.05. The zero-order chi connectivity index (χ0) is 25.4. The van der Waals surface area contributed by atoms with E-state index in [1.165, 1.54) is 42.6 Å². The van der Waals surface area contributed by atoms with E-state index < -0.39 is 27.4 Å². The largest absolute Gasteiger partial charge is 0.494 e. The first-order valence-electron chi connectivity index (χ1n) is 10.6. The molecular weight excluding hydrogens is 472 g/mol. The molecule has 0 fully saturated rings. The molecule has 0 heterocycles. The van der Waals surface area contributed by atoms with Crippen molar-refractivity contribution < 1.29 is 22.9 Å². The van der Waals surface area contributed by atoms with Crippen LogP contribution < -0.4 is 14.5 Å². The Morgan fingerprint density at radius 1 is 1.06 bits per heavy atom. The molecule has 3 rings (SSSR count). The maximum absolute atomic E-state index is 13.4. The Morgan fingerprint density at radius 3 is 2.26 bits per heavy atom. The monoisotopic (exact) mass is 496 g/mol. The van der Waals surface area contributed by atoms with Gasteiger partial charge in [-0.2, -0.15) is 5.10 Å². The fraction of sp³-hybridized carbons (Fsp3) is 0.167. The van der Waals surface area contributed by atoms with Gasteiger partial charge in [0.2, 0.25) is 0 Å². The van der Waals surface area contributed by atoms with E-state index in [1.54, 1.807) is 36.4 Å². The van der Waals surface area contributed by atoms with Gasteiger partial charge in [-0.3, -0.25) is 19.2 Å². The number of non-ortho nitro benzene ring substituents is 1. The number of nitro benzene ring substituents is 1. The first kappa shape index (κ1) is 25.4. The molecule has 0 aromatic heterocycles. The van der Waals surface area contributed by atoms with Crippen molar-refractivity contribution in [3.63, 3.8) is 0 Å². The molecule has 35 heavy (non-hydrogen) atoms. The van der Waals surface area contributed by atoms with E-state index in [0.29, 0.717) is 17.9 Å². The second kappa shape index (κ2) is 11.3. The Hall–Kier alpha value is -4.25. The molecule has 0 unspecified atom stereocenters. The molecule has 0 aliphatic carbocycles. The number of amides is 1. The van der Waals surface area contributed by atoms with Crippen molar-refractivity contribution >= 4 is 33.5 Å². The first-order chi connectivity index (χ1) is 16.7. The number of anilines is 1. The highest BCUT2D eigenvalue weighted by molar-refractivity contribution is 7.92. The summed E-state index contributed by atoms with van der Waals surface area (Å²) in [6.07, 6.45) is 1.30. The van der Waals surface area contributed by atoms with Crippen molar-refractivity contribution in [1.82, 2.24) is 5.43 Å². The number of carbonyl (C=O) groups excluding carboxylic acids is 1. The number of benzene rings is 3. The number of aryl methyl sites for hydroxylation is 1. The first-order valence-corrected chi connectivity index (χ1v) is 12.0. The van der Waals surface area contributed by atoms with Crippen LogP contribution >= 0.6 is 0 Å². The number of carbonyl (C=O) groups is 1. The molecule has 182 valence electrons. The van der Waals surface area contributed by atoms with Gasteiger partial charge in [-0.1, -0.05) is 17.7 Å². The summed E-state index contributed by atoms with van der Waals surface area (Å²) in [5, 5.41) is 14.6. The lowest BCUT2D eigenvalue weighted by molar-refractivity contribution is -0.384. The van der Waals surface area contributed by atoms with Crippen LogP contribution in [0.15, 0.2) is 82.8 Å². The Bertz CT molecular complexity index is 1310. The standard InChI is InChI=1S/C24H24N4O6S/c1-3-34-22-12-10-20(11-13-22)27(35(32,33)23-14-4-18(2)5-15-23)17-24(29)26-25-16-19-6-8-21(9-7-19)28(30)31/h4-16H,3,17H2,1-2H3,(H,26,29)/b25-16-. The number of rotatable bonds is 10. The number of sulfonamides is 1. The summed E-state index contributed by atoms with van der Waals surface area (Å²) in [6, 6.07) is 18.3. The van der Waals surface area contributed by atoms with E-state index >= 15 is 0 Å². The summed E-state index contributed by atoms with van der Waals surface area (Å²) in [6.45, 7) is 3.61. The highest BCUT2D eigenvalue weighted by atomic mass is 32.2. The second-order valence-corrected chi connectivity index (χ2v) is 9.26. The molecular formula is C24H24N4O6S. The average Bonchev–Trinajstić information content (AvgIpc) is 2.84. The predicted molar refractivity (Wildman–Crippen MR) is 132 cm³/mol. The molecule has 0 spiro atoms. The molecule has 0 saturated heterocycles. The maximum atomic E-state index is 13.4. The zero-order valence-electron chi connectivity index (χ0n) is 19.1. The van der Waals surface area contributed by atoms with E-state index in [4.69, 9.17) is 4.74 Å². The average molecular weight is 497 g/mol. The van der Waals surface area contributed by atoms with Gasteiger partial charge in [0.1, 0.15) is 12.3 Å². The Balaban J connectivity index is 1.81. The molecule has 3 aromatic carbocycles. The van der Waals surface area contributed by atoms with Crippen LogP contribution in [-0.2, 0) is 14.8 Å². The lowest BCUT2D eigenvalue weighted by Gasteiger charge is -2.24. The van der Waals surface area contributed by atoms with Crippen molar-refractivity contribution in [1.29, 1.82) is 0 Å². The van der Waals surface area contributed by atoms with E-state index in [2.05, 4.69) is 10.5 Å². The minimum absolute atomic E-state index is 0.0409. The van der Waals surface area contributed by atoms with Gasteiger partial charge in [-0.05, 0) is 67.9 Å². The quantitative estimate of drug-likeness (QED) is 0.259. The smallest absolute Gasteiger partial charge is 0.269 e. The minimum atomic E-state index is -4.07. The lowest BCUT2D eigenvalue weighted by Crippen LogP contribution is -2.39. The molecule has 0 aliphatic rings. The summed E-state index contributed by atoms with van der Waals surface area (Å²) >= 11 is 0. The van der Waals surface area contributed by atoms with Crippen molar-refractivity contribution in [3.8, 4) is 5.75 Å². The van der Waals surface area contributed by atoms with Gasteiger partial charge in [-0.25, -0.2) is 13.8 Å². The summed E-state index contributed by atoms with van der Waals surface area (Å²) in [5.74, 6) is -0.103. The summed E-state index contributed by atoms with van der Waals surface area (Å²) in [5.41, 5.74) is 3.93. The zero-order valence-corrected chi connectivity index (χ0v) is 19.9. The minimum Gasteiger partial charge on any atom is -0.494 e. The van der Waals surface area contributed by atoms with Crippen LogP contribution in [0, 0.1) is 17.0 Å². The number of nitro groups is 1. The van der Waals surface area contributed by atoms with Gasteiger partial charge in [0.25, 0.3) is 21.6 Å². The lowest BCUT2D eigenvalue weighted by atomic mass is 10.2. The molecule has 0 saturated carbocycles. The Kier molecular flexibility index (Phi) is 8.16. The SMILES string of the molecule is CCOc1ccc(N(CC(=O)N/N=C\c2ccc([N+](=O)[O-])cc2)S(=O)(=O)c2ccc(C)cc2)cc1. The van der Waals surface area contributed by atoms with Crippen LogP contribution in [0.1, 0.15) is 18.1 Å². The predicted octanol–water partition coefficient (Wildman–Crippen LogP) is 3.65. The van der Waals surface area contributed by atoms with Crippen molar-refractivity contribution in [2.45, 2.75) is 18.7 Å². The summed E-state index contributed by atoms with van der Waals surface area (Å²) in [4.78, 5) is 22.9. The van der Waals surface area contributed by atoms with Crippen molar-refractivity contribution in [2.24, 2.45) is 5.10 Å². The van der Waals surface area contributed by atoms with Gasteiger partial charge in [0, 0.05) is 12.1 Å². The number of ether oxygens (including phenoxy) is 1. The molecule has 10 nitrogen and oxygen atoms in total. The molecule has 1 amide bonds. The molecule has 0 bridgehead atoms. The second-order valence-electron chi connectivity index (χ2n) is 7.39. The number of nitrogens with one attached hydrogen (secondary N) is 1. The normalized spacial score (nSPS) is 11.3. The van der Waals surface area contributed by atoms with E-state index in [0.717, 1.165) is 9.87 Å². The van der Waals surface area contributed by atoms with Crippen molar-refractivity contribution in [3.05, 3.63) is 94.0 Å². The number of hydrazone groups is 1. The van der Waals surface area contributed by atoms with E-state index in [-0.39, 0.29) is 16.3 Å². The number of hydrogen-bond acceptors (Lipinski definition) is 7. The third kappa shape index (κ3) is 6.64. The van der Waals surface area contributed by atoms with Gasteiger partial charge in [-0.15, -0.1) is 0 Å². The highest BCUT2D eigenvalue weighted by Crippen LogP contribution is 2.26. The topological polar surface area (TPSA) is 131 Å². The van der Waals surface area contributed by atoms with Crippen LogP contribution in [0.4, 0.5) is 11.4 Å². The third-order valence-electron chi connectivity index (χ3n) is 4.84. The Morgan fingerprint density at radius 2 is 1.69 bits per heavy atom. The maximum Gasteiger partial charge on any atom is 0.269 e. The fourth-order valence-corrected chi connectivity index (χ4v) is 4.48. The Labute approximate surface area is 203 Å². The van der Waals surface area contributed by atoms with Crippen molar-refractivity contribution in [2.75, 3.05) is 17.5 Å². The van der Waals surface area contributed by atoms with Crippen LogP contribution in [0.25, 0.3) is 0 Å². The van der Waals surface area contributed by atoms with Gasteiger partial charge in [0.15, 0.2) is 0 Å². The molecule has 1 N–H and O–H groups in total. The van der Waals surface area contributed by atoms with Gasteiger partial charge < -0.3 is 4.74 Å². The third-order valence-corrected chi connectivity index (χ3v) is 6.63.